The monoisotopic (exact) mass is 565 g/mol. The highest BCUT2D eigenvalue weighted by molar-refractivity contribution is 5.68. The largest absolute Gasteiger partial charge is 0.522 e. The minimum absolute atomic E-state index is 0.0184. The van der Waals surface area contributed by atoms with Crippen LogP contribution in [0.1, 0.15) is 55.7 Å². The first-order chi connectivity index (χ1) is 19.0. The second-order valence-electron chi connectivity index (χ2n) is 9.44. The number of aliphatic carboxylic acids is 1. The SMILES string of the molecule is Cc1cc(OCc2nc(C3CCC(OC(F)(F)F)CC3)n(-c3ccc(OC(C)O)cc3)n2)ccc1OCC(=O)O. The van der Waals surface area contributed by atoms with Crippen LogP contribution in [0.4, 0.5) is 13.2 Å². The quantitative estimate of drug-likeness (QED) is 0.312. The van der Waals surface area contributed by atoms with Gasteiger partial charge in [0.1, 0.15) is 29.7 Å². The minimum atomic E-state index is -4.67. The second-order valence-corrected chi connectivity index (χ2v) is 9.44. The molecule has 2 N–H and O–H groups in total. The van der Waals surface area contributed by atoms with Crippen LogP contribution in [0, 0.1) is 6.92 Å². The fourth-order valence-corrected chi connectivity index (χ4v) is 4.54. The van der Waals surface area contributed by atoms with E-state index in [1.54, 1.807) is 54.1 Å². The first-order valence-corrected chi connectivity index (χ1v) is 12.7. The average Bonchev–Trinajstić information content (AvgIpc) is 3.31. The third kappa shape index (κ3) is 8.09. The molecule has 1 heterocycles. The molecule has 0 saturated heterocycles. The van der Waals surface area contributed by atoms with Crippen molar-refractivity contribution in [1.82, 2.24) is 14.8 Å². The molecule has 40 heavy (non-hydrogen) atoms. The lowest BCUT2D eigenvalue weighted by atomic mass is 9.86. The van der Waals surface area contributed by atoms with Gasteiger partial charge in [0.25, 0.3) is 0 Å². The van der Waals surface area contributed by atoms with Crippen LogP contribution in [0.3, 0.4) is 0 Å². The van der Waals surface area contributed by atoms with Crippen LogP contribution < -0.4 is 14.2 Å². The van der Waals surface area contributed by atoms with E-state index in [0.717, 1.165) is 0 Å². The normalized spacial score (nSPS) is 18.2. The van der Waals surface area contributed by atoms with Gasteiger partial charge in [-0.15, -0.1) is 18.3 Å². The lowest BCUT2D eigenvalue weighted by molar-refractivity contribution is -0.345. The number of benzene rings is 2. The number of halogens is 3. The summed E-state index contributed by atoms with van der Waals surface area (Å²) in [6.45, 7) is 2.82. The molecule has 3 aromatic rings. The van der Waals surface area contributed by atoms with Gasteiger partial charge in [0.2, 0.25) is 0 Å². The summed E-state index contributed by atoms with van der Waals surface area (Å²) in [4.78, 5) is 15.4. The van der Waals surface area contributed by atoms with Crippen molar-refractivity contribution in [3.8, 4) is 22.9 Å². The van der Waals surface area contributed by atoms with Crippen molar-refractivity contribution in [3.63, 3.8) is 0 Å². The number of hydrogen-bond donors (Lipinski definition) is 2. The molecule has 0 amide bonds. The van der Waals surface area contributed by atoms with Gasteiger partial charge in [-0.3, -0.25) is 4.74 Å². The van der Waals surface area contributed by atoms with E-state index in [1.165, 1.54) is 6.92 Å². The smallest absolute Gasteiger partial charge is 0.486 e. The Kier molecular flexibility index (Phi) is 9.15. The molecule has 0 radical (unpaired) electrons. The Morgan fingerprint density at radius 3 is 2.35 bits per heavy atom. The van der Waals surface area contributed by atoms with Crippen LogP contribution in [0.2, 0.25) is 0 Å². The molecule has 216 valence electrons. The number of alkyl halides is 3. The van der Waals surface area contributed by atoms with Crippen LogP contribution in [0.15, 0.2) is 42.5 Å². The van der Waals surface area contributed by atoms with Crippen molar-refractivity contribution in [2.24, 2.45) is 0 Å². The Balaban J connectivity index is 1.52. The first-order valence-electron chi connectivity index (χ1n) is 12.7. The van der Waals surface area contributed by atoms with E-state index in [2.05, 4.69) is 14.8 Å². The predicted molar refractivity (Wildman–Crippen MR) is 134 cm³/mol. The van der Waals surface area contributed by atoms with Crippen LogP contribution >= 0.6 is 0 Å². The van der Waals surface area contributed by atoms with Gasteiger partial charge in [-0.1, -0.05) is 0 Å². The molecule has 0 aliphatic heterocycles. The van der Waals surface area contributed by atoms with E-state index in [9.17, 15) is 23.1 Å². The maximum absolute atomic E-state index is 12.7. The number of aliphatic hydroxyl groups excluding tert-OH is 1. The number of ether oxygens (including phenoxy) is 4. The highest BCUT2D eigenvalue weighted by Gasteiger charge is 2.36. The maximum atomic E-state index is 12.7. The lowest BCUT2D eigenvalue weighted by Crippen LogP contribution is -2.28. The van der Waals surface area contributed by atoms with Crippen molar-refractivity contribution in [2.75, 3.05) is 6.61 Å². The van der Waals surface area contributed by atoms with E-state index in [4.69, 9.17) is 19.3 Å². The number of carbonyl (C=O) groups is 1. The Bertz CT molecular complexity index is 1290. The van der Waals surface area contributed by atoms with Gasteiger partial charge in [-0.2, -0.15) is 0 Å². The molecule has 1 unspecified atom stereocenters. The van der Waals surface area contributed by atoms with E-state index < -0.39 is 31.3 Å². The van der Waals surface area contributed by atoms with Gasteiger partial charge in [-0.25, -0.2) is 14.5 Å². The third-order valence-corrected chi connectivity index (χ3v) is 6.27. The van der Waals surface area contributed by atoms with Gasteiger partial charge in [0.05, 0.1) is 11.8 Å². The maximum Gasteiger partial charge on any atom is 0.522 e. The molecule has 0 bridgehead atoms. The molecule has 13 heteroatoms. The first kappa shape index (κ1) is 29.2. The molecule has 10 nitrogen and oxygen atoms in total. The summed E-state index contributed by atoms with van der Waals surface area (Å²) in [5.41, 5.74) is 1.35. The van der Waals surface area contributed by atoms with Gasteiger partial charge in [0, 0.05) is 5.92 Å². The van der Waals surface area contributed by atoms with Crippen molar-refractivity contribution >= 4 is 5.97 Å². The second kappa shape index (κ2) is 12.6. The average molecular weight is 566 g/mol. The summed E-state index contributed by atoms with van der Waals surface area (Å²) in [5.74, 6) is 1.13. The highest BCUT2D eigenvalue weighted by Crippen LogP contribution is 2.36. The standard InChI is InChI=1S/C27H30F3N3O7/c1-16-13-22(11-12-23(16)38-15-25(35)36)37-14-24-31-26(18-3-7-21(8-4-18)40-27(28,29)30)33(32-24)19-5-9-20(10-6-19)39-17(2)34/h5-6,9-13,17-18,21,34H,3-4,7-8,14-15H2,1-2H3,(H,35,36). The number of aryl methyl sites for hydroxylation is 1. The summed E-state index contributed by atoms with van der Waals surface area (Å²) in [5, 5.41) is 22.9. The molecular formula is C27H30F3N3O7. The highest BCUT2D eigenvalue weighted by atomic mass is 19.4. The summed E-state index contributed by atoms with van der Waals surface area (Å²) in [7, 11) is 0. The lowest BCUT2D eigenvalue weighted by Gasteiger charge is -2.28. The minimum Gasteiger partial charge on any atom is -0.486 e. The Hall–Kier alpha value is -3.84. The van der Waals surface area contributed by atoms with Crippen LogP contribution in [-0.2, 0) is 16.1 Å². The number of aromatic nitrogens is 3. The van der Waals surface area contributed by atoms with Crippen molar-refractivity contribution in [2.45, 2.75) is 70.8 Å². The number of rotatable bonds is 11. The summed E-state index contributed by atoms with van der Waals surface area (Å²) >= 11 is 0. The number of carboxylic acids is 1. The Morgan fingerprint density at radius 1 is 1.07 bits per heavy atom. The van der Waals surface area contributed by atoms with Crippen LogP contribution in [0.5, 0.6) is 17.2 Å². The van der Waals surface area contributed by atoms with Crippen molar-refractivity contribution in [1.29, 1.82) is 0 Å². The number of hydrogen-bond acceptors (Lipinski definition) is 8. The summed E-state index contributed by atoms with van der Waals surface area (Å²) in [6.07, 6.45) is -5.18. The zero-order valence-corrected chi connectivity index (χ0v) is 21.9. The third-order valence-electron chi connectivity index (χ3n) is 6.27. The molecule has 4 rings (SSSR count). The zero-order chi connectivity index (χ0) is 28.9. The van der Waals surface area contributed by atoms with Crippen LogP contribution in [-0.4, -0.2) is 56.3 Å². The number of carboxylic acid groups (broad SMARTS) is 1. The fourth-order valence-electron chi connectivity index (χ4n) is 4.54. The van der Waals surface area contributed by atoms with E-state index in [1.807, 2.05) is 0 Å². The van der Waals surface area contributed by atoms with Gasteiger partial charge < -0.3 is 24.4 Å². The fraction of sp³-hybridized carbons (Fsp3) is 0.444. The predicted octanol–water partition coefficient (Wildman–Crippen LogP) is 4.90. The van der Waals surface area contributed by atoms with E-state index >= 15 is 0 Å². The van der Waals surface area contributed by atoms with Gasteiger partial charge in [0.15, 0.2) is 18.7 Å². The van der Waals surface area contributed by atoms with E-state index in [0.29, 0.717) is 53.0 Å². The molecule has 1 saturated carbocycles. The zero-order valence-electron chi connectivity index (χ0n) is 21.9. The van der Waals surface area contributed by atoms with Gasteiger partial charge in [-0.05, 0) is 87.6 Å². The number of nitrogens with zero attached hydrogens (tertiary/aromatic N) is 3. The molecule has 1 aliphatic rings. The summed E-state index contributed by atoms with van der Waals surface area (Å²) in [6, 6.07) is 11.8. The van der Waals surface area contributed by atoms with Gasteiger partial charge >= 0.3 is 12.3 Å². The van der Waals surface area contributed by atoms with Crippen molar-refractivity contribution < 1.29 is 47.1 Å². The molecule has 1 aromatic heterocycles. The molecule has 1 atom stereocenters. The van der Waals surface area contributed by atoms with Crippen LogP contribution in [0.25, 0.3) is 5.69 Å². The summed E-state index contributed by atoms with van der Waals surface area (Å²) < 4.78 is 60.3. The Labute approximate surface area is 228 Å². The molecular weight excluding hydrogens is 535 g/mol. The molecule has 0 spiro atoms. The van der Waals surface area contributed by atoms with E-state index in [-0.39, 0.29) is 25.4 Å². The van der Waals surface area contributed by atoms with Crippen molar-refractivity contribution in [3.05, 3.63) is 59.7 Å². The molecule has 1 fully saturated rings. The Morgan fingerprint density at radius 2 is 1.75 bits per heavy atom. The molecule has 2 aromatic carbocycles. The topological polar surface area (TPSA) is 125 Å². The number of aliphatic hydroxyl groups is 1. The molecule has 1 aliphatic carbocycles.